The van der Waals surface area contributed by atoms with E-state index in [1.165, 1.54) is 0 Å². The fourth-order valence-corrected chi connectivity index (χ4v) is 1.20. The third kappa shape index (κ3) is 1.29. The van der Waals surface area contributed by atoms with E-state index in [9.17, 15) is 4.79 Å². The molecular formula is C7H13NO2. The minimum Gasteiger partial charge on any atom is -0.481 e. The lowest BCUT2D eigenvalue weighted by Crippen LogP contribution is -2.28. The number of nitrogens with zero attached hydrogens (tertiary/aromatic N) is 1. The Morgan fingerprint density at radius 1 is 1.60 bits per heavy atom. The number of carbonyl (C=O) groups is 1. The van der Waals surface area contributed by atoms with Crippen molar-refractivity contribution in [2.75, 3.05) is 20.6 Å². The molecule has 0 aliphatic heterocycles. The van der Waals surface area contributed by atoms with Crippen molar-refractivity contribution < 1.29 is 9.90 Å². The third-order valence-corrected chi connectivity index (χ3v) is 1.93. The average Bonchev–Trinajstić information content (AvgIpc) is 2.46. The Kier molecular flexibility index (Phi) is 1.68. The van der Waals surface area contributed by atoms with Gasteiger partial charge in [-0.15, -0.1) is 0 Å². The van der Waals surface area contributed by atoms with Crippen molar-refractivity contribution in [2.45, 2.75) is 12.8 Å². The molecule has 0 radical (unpaired) electrons. The van der Waals surface area contributed by atoms with Crippen LogP contribution < -0.4 is 0 Å². The zero-order chi connectivity index (χ0) is 7.78. The van der Waals surface area contributed by atoms with Gasteiger partial charge in [0.15, 0.2) is 0 Å². The maximum absolute atomic E-state index is 10.6. The van der Waals surface area contributed by atoms with Gasteiger partial charge < -0.3 is 10.0 Å². The monoisotopic (exact) mass is 143 g/mol. The number of carboxylic acids is 1. The molecule has 1 N–H and O–H groups in total. The number of hydrogen-bond acceptors (Lipinski definition) is 2. The highest BCUT2D eigenvalue weighted by molar-refractivity contribution is 5.78. The van der Waals surface area contributed by atoms with Crippen molar-refractivity contribution in [2.24, 2.45) is 5.41 Å². The molecule has 0 aromatic carbocycles. The zero-order valence-corrected chi connectivity index (χ0v) is 6.42. The largest absolute Gasteiger partial charge is 0.481 e. The molecule has 58 valence electrons. The summed E-state index contributed by atoms with van der Waals surface area (Å²) in [5.41, 5.74) is -0.385. The molecule has 1 fully saturated rings. The van der Waals surface area contributed by atoms with E-state index < -0.39 is 5.97 Å². The van der Waals surface area contributed by atoms with Gasteiger partial charge in [-0.05, 0) is 26.9 Å². The summed E-state index contributed by atoms with van der Waals surface area (Å²) < 4.78 is 0. The van der Waals surface area contributed by atoms with Gasteiger partial charge in [-0.25, -0.2) is 0 Å². The first kappa shape index (κ1) is 7.54. The summed E-state index contributed by atoms with van der Waals surface area (Å²) in [6, 6.07) is 0. The highest BCUT2D eigenvalue weighted by atomic mass is 16.4. The molecule has 10 heavy (non-hydrogen) atoms. The van der Waals surface area contributed by atoms with Crippen LogP contribution in [0.2, 0.25) is 0 Å². The van der Waals surface area contributed by atoms with Crippen LogP contribution in [0, 0.1) is 5.41 Å². The fraction of sp³-hybridized carbons (Fsp3) is 0.857. The molecule has 0 aromatic rings. The SMILES string of the molecule is CN(C)CC1(C(=O)O)CC1. The standard InChI is InChI=1S/C7H13NO2/c1-8(2)5-7(3-4-7)6(9)10/h3-5H2,1-2H3,(H,9,10). The quantitative estimate of drug-likeness (QED) is 0.622. The molecule has 0 atom stereocenters. The first-order chi connectivity index (χ1) is 4.57. The molecular weight excluding hydrogens is 130 g/mol. The summed E-state index contributed by atoms with van der Waals surface area (Å²) >= 11 is 0. The van der Waals surface area contributed by atoms with Gasteiger partial charge in [-0.3, -0.25) is 4.79 Å². The zero-order valence-electron chi connectivity index (χ0n) is 6.42. The van der Waals surface area contributed by atoms with Crippen molar-refractivity contribution in [1.29, 1.82) is 0 Å². The molecule has 3 nitrogen and oxygen atoms in total. The van der Waals surface area contributed by atoms with E-state index in [1.807, 2.05) is 19.0 Å². The van der Waals surface area contributed by atoms with Crippen LogP contribution in [0.3, 0.4) is 0 Å². The fourth-order valence-electron chi connectivity index (χ4n) is 1.20. The Bertz CT molecular complexity index is 150. The van der Waals surface area contributed by atoms with E-state index in [2.05, 4.69) is 0 Å². The molecule has 0 unspecified atom stereocenters. The summed E-state index contributed by atoms with van der Waals surface area (Å²) in [6.45, 7) is 0.683. The summed E-state index contributed by atoms with van der Waals surface area (Å²) in [5.74, 6) is -0.638. The molecule has 1 aliphatic carbocycles. The molecule has 0 saturated heterocycles. The van der Waals surface area contributed by atoms with Gasteiger partial charge in [0.1, 0.15) is 0 Å². The van der Waals surface area contributed by atoms with Crippen LogP contribution in [0.25, 0.3) is 0 Å². The maximum atomic E-state index is 10.6. The number of hydrogen-bond donors (Lipinski definition) is 1. The van der Waals surface area contributed by atoms with E-state index >= 15 is 0 Å². The molecule has 0 aromatic heterocycles. The summed E-state index contributed by atoms with van der Waals surface area (Å²) in [7, 11) is 3.81. The van der Waals surface area contributed by atoms with Gasteiger partial charge in [0.05, 0.1) is 5.41 Å². The summed E-state index contributed by atoms with van der Waals surface area (Å²) in [4.78, 5) is 12.5. The van der Waals surface area contributed by atoms with Gasteiger partial charge in [-0.2, -0.15) is 0 Å². The lowest BCUT2D eigenvalue weighted by Gasteiger charge is -2.14. The van der Waals surface area contributed by atoms with Crippen LogP contribution in [0.4, 0.5) is 0 Å². The number of aliphatic carboxylic acids is 1. The number of rotatable bonds is 3. The lowest BCUT2D eigenvalue weighted by atomic mass is 10.1. The van der Waals surface area contributed by atoms with Gasteiger partial charge in [0.2, 0.25) is 0 Å². The topological polar surface area (TPSA) is 40.5 Å². The summed E-state index contributed by atoms with van der Waals surface area (Å²) in [6.07, 6.45) is 1.70. The predicted octanol–water partition coefficient (Wildman–Crippen LogP) is 0.413. The van der Waals surface area contributed by atoms with Crippen molar-refractivity contribution >= 4 is 5.97 Å². The molecule has 1 saturated carbocycles. The molecule has 0 bridgehead atoms. The first-order valence-electron chi connectivity index (χ1n) is 3.45. The molecule has 1 rings (SSSR count). The second kappa shape index (κ2) is 2.23. The maximum Gasteiger partial charge on any atom is 0.310 e. The van der Waals surface area contributed by atoms with E-state index in [-0.39, 0.29) is 5.41 Å². The Morgan fingerprint density at radius 2 is 2.10 bits per heavy atom. The van der Waals surface area contributed by atoms with Crippen molar-refractivity contribution in [1.82, 2.24) is 4.90 Å². The number of carboxylic acid groups (broad SMARTS) is 1. The minimum absolute atomic E-state index is 0.385. The second-order valence-electron chi connectivity index (χ2n) is 3.32. The summed E-state index contributed by atoms with van der Waals surface area (Å²) in [5, 5.41) is 8.73. The van der Waals surface area contributed by atoms with E-state index in [1.54, 1.807) is 0 Å². The van der Waals surface area contributed by atoms with Crippen LogP contribution in [0.1, 0.15) is 12.8 Å². The minimum atomic E-state index is -0.638. The molecule has 0 heterocycles. The average molecular weight is 143 g/mol. The smallest absolute Gasteiger partial charge is 0.310 e. The first-order valence-corrected chi connectivity index (χ1v) is 3.45. The van der Waals surface area contributed by atoms with Crippen LogP contribution in [0.15, 0.2) is 0 Å². The third-order valence-electron chi connectivity index (χ3n) is 1.93. The molecule has 3 heteroatoms. The van der Waals surface area contributed by atoms with Gasteiger partial charge in [0, 0.05) is 6.54 Å². The Hall–Kier alpha value is -0.570. The Balaban J connectivity index is 2.45. The normalized spacial score (nSPS) is 21.1. The Morgan fingerprint density at radius 3 is 2.20 bits per heavy atom. The van der Waals surface area contributed by atoms with Crippen molar-refractivity contribution in [3.63, 3.8) is 0 Å². The van der Waals surface area contributed by atoms with Crippen LogP contribution in [-0.4, -0.2) is 36.6 Å². The van der Waals surface area contributed by atoms with E-state index in [0.29, 0.717) is 6.54 Å². The van der Waals surface area contributed by atoms with Crippen LogP contribution in [0.5, 0.6) is 0 Å². The van der Waals surface area contributed by atoms with Gasteiger partial charge >= 0.3 is 5.97 Å². The lowest BCUT2D eigenvalue weighted by molar-refractivity contribution is -0.143. The molecule has 0 amide bonds. The van der Waals surface area contributed by atoms with E-state index in [4.69, 9.17) is 5.11 Å². The van der Waals surface area contributed by atoms with Gasteiger partial charge in [-0.1, -0.05) is 0 Å². The predicted molar refractivity (Wildman–Crippen MR) is 37.9 cm³/mol. The van der Waals surface area contributed by atoms with Crippen LogP contribution >= 0.6 is 0 Å². The Labute approximate surface area is 60.6 Å². The highest BCUT2D eigenvalue weighted by Gasteiger charge is 2.50. The highest BCUT2D eigenvalue weighted by Crippen LogP contribution is 2.46. The van der Waals surface area contributed by atoms with Gasteiger partial charge in [0.25, 0.3) is 0 Å². The van der Waals surface area contributed by atoms with Crippen molar-refractivity contribution in [3.8, 4) is 0 Å². The van der Waals surface area contributed by atoms with Crippen molar-refractivity contribution in [3.05, 3.63) is 0 Å². The molecule has 1 aliphatic rings. The van der Waals surface area contributed by atoms with Crippen LogP contribution in [-0.2, 0) is 4.79 Å². The molecule has 0 spiro atoms. The second-order valence-corrected chi connectivity index (χ2v) is 3.32. The van der Waals surface area contributed by atoms with E-state index in [0.717, 1.165) is 12.8 Å².